The number of ether oxygens (including phenoxy) is 1. The standard InChI is InChI=1S/C13H19N3O2/c1-14-12-2-5-15-9-11(12)13(17)16-8-10-3-6-18-7-4-10/h2,5,9-10H,3-4,6-8H2,1H3,(H,14,15)(H,16,17). The van der Waals surface area contributed by atoms with E-state index in [1.807, 2.05) is 0 Å². The van der Waals surface area contributed by atoms with Crippen LogP contribution in [-0.4, -0.2) is 37.7 Å². The topological polar surface area (TPSA) is 63.2 Å². The molecule has 1 aromatic rings. The van der Waals surface area contributed by atoms with Crippen LogP contribution in [0.4, 0.5) is 5.69 Å². The second kappa shape index (κ2) is 6.35. The number of hydrogen-bond acceptors (Lipinski definition) is 4. The summed E-state index contributed by atoms with van der Waals surface area (Å²) in [6.45, 7) is 2.31. The highest BCUT2D eigenvalue weighted by molar-refractivity contribution is 5.99. The van der Waals surface area contributed by atoms with Crippen molar-refractivity contribution in [2.45, 2.75) is 12.8 Å². The third-order valence-corrected chi connectivity index (χ3v) is 3.23. The molecule has 0 atom stereocenters. The van der Waals surface area contributed by atoms with Gasteiger partial charge in [-0.15, -0.1) is 0 Å². The van der Waals surface area contributed by atoms with E-state index in [-0.39, 0.29) is 5.91 Å². The molecular weight excluding hydrogens is 230 g/mol. The molecular formula is C13H19N3O2. The normalized spacial score (nSPS) is 16.3. The summed E-state index contributed by atoms with van der Waals surface area (Å²) >= 11 is 0. The smallest absolute Gasteiger partial charge is 0.254 e. The van der Waals surface area contributed by atoms with E-state index in [0.29, 0.717) is 18.0 Å². The zero-order valence-corrected chi connectivity index (χ0v) is 10.6. The molecule has 0 unspecified atom stereocenters. The molecule has 1 aliphatic heterocycles. The van der Waals surface area contributed by atoms with Crippen molar-refractivity contribution in [2.24, 2.45) is 5.92 Å². The Bertz CT molecular complexity index is 403. The molecule has 1 amide bonds. The van der Waals surface area contributed by atoms with Gasteiger partial charge in [-0.1, -0.05) is 0 Å². The van der Waals surface area contributed by atoms with Gasteiger partial charge in [-0.05, 0) is 24.8 Å². The maximum Gasteiger partial charge on any atom is 0.254 e. The Kier molecular flexibility index (Phi) is 4.52. The quantitative estimate of drug-likeness (QED) is 0.843. The van der Waals surface area contributed by atoms with Gasteiger partial charge >= 0.3 is 0 Å². The van der Waals surface area contributed by atoms with Crippen LogP contribution >= 0.6 is 0 Å². The fourth-order valence-electron chi connectivity index (χ4n) is 2.08. The zero-order chi connectivity index (χ0) is 12.8. The SMILES string of the molecule is CNc1ccncc1C(=O)NCC1CCOCC1. The molecule has 1 aromatic heterocycles. The minimum atomic E-state index is -0.0704. The lowest BCUT2D eigenvalue weighted by Crippen LogP contribution is -2.32. The predicted molar refractivity (Wildman–Crippen MR) is 69.7 cm³/mol. The maximum atomic E-state index is 12.0. The number of carbonyl (C=O) groups excluding carboxylic acids is 1. The Morgan fingerprint density at radius 2 is 2.28 bits per heavy atom. The third-order valence-electron chi connectivity index (χ3n) is 3.23. The first-order chi connectivity index (χ1) is 8.81. The summed E-state index contributed by atoms with van der Waals surface area (Å²) in [5.41, 5.74) is 1.39. The van der Waals surface area contributed by atoms with Gasteiger partial charge in [0.25, 0.3) is 5.91 Å². The fraction of sp³-hybridized carbons (Fsp3) is 0.538. The molecule has 98 valence electrons. The number of amides is 1. The van der Waals surface area contributed by atoms with E-state index >= 15 is 0 Å². The van der Waals surface area contributed by atoms with Gasteiger partial charge in [0.2, 0.25) is 0 Å². The Morgan fingerprint density at radius 3 is 3.00 bits per heavy atom. The average Bonchev–Trinajstić information content (AvgIpc) is 2.45. The number of nitrogens with zero attached hydrogens (tertiary/aromatic N) is 1. The lowest BCUT2D eigenvalue weighted by atomic mass is 10.0. The van der Waals surface area contributed by atoms with Crippen LogP contribution in [-0.2, 0) is 4.74 Å². The van der Waals surface area contributed by atoms with Crippen molar-refractivity contribution < 1.29 is 9.53 Å². The lowest BCUT2D eigenvalue weighted by molar-refractivity contribution is 0.0643. The van der Waals surface area contributed by atoms with E-state index in [2.05, 4.69) is 15.6 Å². The third kappa shape index (κ3) is 3.20. The lowest BCUT2D eigenvalue weighted by Gasteiger charge is -2.22. The minimum Gasteiger partial charge on any atom is -0.387 e. The molecule has 0 spiro atoms. The van der Waals surface area contributed by atoms with Crippen LogP contribution in [0.2, 0.25) is 0 Å². The fourth-order valence-corrected chi connectivity index (χ4v) is 2.08. The highest BCUT2D eigenvalue weighted by Crippen LogP contribution is 2.15. The Morgan fingerprint density at radius 1 is 1.50 bits per heavy atom. The largest absolute Gasteiger partial charge is 0.387 e. The zero-order valence-electron chi connectivity index (χ0n) is 10.6. The van der Waals surface area contributed by atoms with Crippen molar-refractivity contribution in [3.8, 4) is 0 Å². The first-order valence-electron chi connectivity index (χ1n) is 6.29. The molecule has 0 aromatic carbocycles. The molecule has 2 heterocycles. The van der Waals surface area contributed by atoms with Gasteiger partial charge in [0.05, 0.1) is 5.56 Å². The average molecular weight is 249 g/mol. The number of pyridine rings is 1. The van der Waals surface area contributed by atoms with Crippen molar-refractivity contribution in [1.29, 1.82) is 0 Å². The van der Waals surface area contributed by atoms with Gasteiger partial charge in [0.15, 0.2) is 0 Å². The highest BCUT2D eigenvalue weighted by atomic mass is 16.5. The Balaban J connectivity index is 1.90. The Labute approximate surface area is 107 Å². The molecule has 5 nitrogen and oxygen atoms in total. The molecule has 5 heteroatoms. The summed E-state index contributed by atoms with van der Waals surface area (Å²) in [4.78, 5) is 16.0. The molecule has 0 bridgehead atoms. The van der Waals surface area contributed by atoms with Crippen molar-refractivity contribution in [3.63, 3.8) is 0 Å². The van der Waals surface area contributed by atoms with Crippen LogP contribution in [0.3, 0.4) is 0 Å². The number of carbonyl (C=O) groups is 1. The molecule has 1 saturated heterocycles. The van der Waals surface area contributed by atoms with Crippen LogP contribution in [0, 0.1) is 5.92 Å². The van der Waals surface area contributed by atoms with Crippen LogP contribution in [0.5, 0.6) is 0 Å². The molecule has 1 fully saturated rings. The van der Waals surface area contributed by atoms with E-state index in [1.165, 1.54) is 0 Å². The number of aromatic nitrogens is 1. The van der Waals surface area contributed by atoms with Crippen LogP contribution in [0.15, 0.2) is 18.5 Å². The van der Waals surface area contributed by atoms with Crippen LogP contribution in [0.1, 0.15) is 23.2 Å². The summed E-state index contributed by atoms with van der Waals surface area (Å²) in [5, 5.41) is 5.96. The van der Waals surface area contributed by atoms with Crippen molar-refractivity contribution in [2.75, 3.05) is 32.1 Å². The maximum absolute atomic E-state index is 12.0. The summed E-state index contributed by atoms with van der Waals surface area (Å²) in [5.74, 6) is 0.455. The number of rotatable bonds is 4. The van der Waals surface area contributed by atoms with Crippen molar-refractivity contribution >= 4 is 11.6 Å². The summed E-state index contributed by atoms with van der Waals surface area (Å²) in [6, 6.07) is 1.80. The predicted octanol–water partition coefficient (Wildman–Crippen LogP) is 1.28. The first kappa shape index (κ1) is 12.8. The monoisotopic (exact) mass is 249 g/mol. The van der Waals surface area contributed by atoms with Gasteiger partial charge in [0.1, 0.15) is 0 Å². The molecule has 1 aliphatic rings. The van der Waals surface area contributed by atoms with Gasteiger partial charge < -0.3 is 15.4 Å². The summed E-state index contributed by atoms with van der Waals surface area (Å²) in [7, 11) is 1.80. The minimum absolute atomic E-state index is 0.0704. The van der Waals surface area contributed by atoms with E-state index < -0.39 is 0 Å². The van der Waals surface area contributed by atoms with Gasteiger partial charge in [0, 0.05) is 44.9 Å². The van der Waals surface area contributed by atoms with E-state index in [1.54, 1.807) is 25.5 Å². The number of hydrogen-bond donors (Lipinski definition) is 2. The second-order valence-corrected chi connectivity index (χ2v) is 4.44. The second-order valence-electron chi connectivity index (χ2n) is 4.44. The van der Waals surface area contributed by atoms with E-state index in [0.717, 1.165) is 31.7 Å². The molecule has 18 heavy (non-hydrogen) atoms. The molecule has 2 rings (SSSR count). The highest BCUT2D eigenvalue weighted by Gasteiger charge is 2.16. The molecule has 0 saturated carbocycles. The van der Waals surface area contributed by atoms with E-state index in [4.69, 9.17) is 4.74 Å². The van der Waals surface area contributed by atoms with Crippen LogP contribution in [0.25, 0.3) is 0 Å². The van der Waals surface area contributed by atoms with Crippen LogP contribution < -0.4 is 10.6 Å². The summed E-state index contributed by atoms with van der Waals surface area (Å²) in [6.07, 6.45) is 5.30. The van der Waals surface area contributed by atoms with Gasteiger partial charge in [-0.2, -0.15) is 0 Å². The molecule has 0 radical (unpaired) electrons. The Hall–Kier alpha value is -1.62. The van der Waals surface area contributed by atoms with Crippen molar-refractivity contribution in [1.82, 2.24) is 10.3 Å². The summed E-state index contributed by atoms with van der Waals surface area (Å²) < 4.78 is 5.29. The van der Waals surface area contributed by atoms with Crippen molar-refractivity contribution in [3.05, 3.63) is 24.0 Å². The number of nitrogens with one attached hydrogen (secondary N) is 2. The van der Waals surface area contributed by atoms with Gasteiger partial charge in [-0.3, -0.25) is 9.78 Å². The van der Waals surface area contributed by atoms with Gasteiger partial charge in [-0.25, -0.2) is 0 Å². The van der Waals surface area contributed by atoms with E-state index in [9.17, 15) is 4.79 Å². The molecule has 0 aliphatic carbocycles. The number of anilines is 1. The first-order valence-corrected chi connectivity index (χ1v) is 6.29. The molecule has 2 N–H and O–H groups in total.